The average Bonchev–Trinajstić information content (AvgIpc) is 3.50. The summed E-state index contributed by atoms with van der Waals surface area (Å²) in [4.78, 5) is 4.89. The molecule has 0 aromatic carbocycles. The summed E-state index contributed by atoms with van der Waals surface area (Å²) in [6.07, 6.45) is 49.9. The van der Waals surface area contributed by atoms with Crippen LogP contribution in [0.1, 0.15) is 181 Å². The van der Waals surface area contributed by atoms with Crippen molar-refractivity contribution in [3.8, 4) is 0 Å². The summed E-state index contributed by atoms with van der Waals surface area (Å²) in [5, 5.41) is 0. The zero-order valence-electron chi connectivity index (χ0n) is 31.5. The number of allylic oxidation sites excluding steroid dienone is 8. The Kier molecular flexibility index (Phi) is 31.6. The van der Waals surface area contributed by atoms with Crippen molar-refractivity contribution >= 4 is 5.90 Å². The normalized spacial score (nSPS) is 14.8. The number of hydrogen-bond acceptors (Lipinski definition) is 4. The first-order chi connectivity index (χ1) is 23.3. The van der Waals surface area contributed by atoms with Crippen molar-refractivity contribution in [1.82, 2.24) is 0 Å². The predicted molar refractivity (Wildman–Crippen MR) is 207 cm³/mol. The van der Waals surface area contributed by atoms with E-state index in [2.05, 4.69) is 69.4 Å². The van der Waals surface area contributed by atoms with Gasteiger partial charge in [0.1, 0.15) is 12.1 Å². The summed E-state index contributed by atoms with van der Waals surface area (Å²) in [6, 6.07) is 0. The number of rotatable bonds is 35. The summed E-state index contributed by atoms with van der Waals surface area (Å²) in [5.74, 6) is 0.847. The van der Waals surface area contributed by atoms with Crippen LogP contribution >= 0.6 is 0 Å². The number of hydrogen-bond donors (Lipinski definition) is 0. The molecule has 0 atom stereocenters. The Balaban J connectivity index is 2.00. The van der Waals surface area contributed by atoms with Crippen molar-refractivity contribution in [2.45, 2.75) is 187 Å². The molecule has 1 aliphatic rings. The molecule has 0 fully saturated rings. The maximum Gasteiger partial charge on any atom is 0.183 e. The van der Waals surface area contributed by atoms with E-state index in [1.807, 2.05) is 0 Å². The first-order valence-corrected chi connectivity index (χ1v) is 20.2. The molecule has 47 heavy (non-hydrogen) atoms. The lowest BCUT2D eigenvalue weighted by Crippen LogP contribution is -2.40. The second-order valence-corrected chi connectivity index (χ2v) is 13.6. The van der Waals surface area contributed by atoms with Gasteiger partial charge in [0.05, 0.1) is 13.2 Å². The summed E-state index contributed by atoms with van der Waals surface area (Å²) < 4.78 is 18.1. The monoisotopic (exact) mass is 656 g/mol. The minimum absolute atomic E-state index is 0.359. The molecule has 1 rings (SSSR count). The average molecular weight is 656 g/mol. The van der Waals surface area contributed by atoms with Gasteiger partial charge in [-0.3, -0.25) is 0 Å². The van der Waals surface area contributed by atoms with E-state index in [4.69, 9.17) is 19.2 Å². The molecule has 1 aliphatic heterocycles. The number of aliphatic imine (C=N–C) groups is 1. The minimum atomic E-state index is -0.359. The van der Waals surface area contributed by atoms with Crippen LogP contribution in [0.5, 0.6) is 0 Å². The fourth-order valence-corrected chi connectivity index (χ4v) is 5.83. The van der Waals surface area contributed by atoms with Crippen molar-refractivity contribution in [2.75, 3.05) is 33.0 Å². The van der Waals surface area contributed by atoms with E-state index in [0.29, 0.717) is 19.8 Å². The quantitative estimate of drug-likeness (QED) is 0.0504. The lowest BCUT2D eigenvalue weighted by atomic mass is 10.1. The molecule has 0 saturated carbocycles. The Hall–Kier alpha value is -1.65. The highest BCUT2D eigenvalue weighted by atomic mass is 16.5. The second-order valence-electron chi connectivity index (χ2n) is 13.6. The van der Waals surface area contributed by atoms with Crippen LogP contribution in [-0.4, -0.2) is 44.5 Å². The summed E-state index contributed by atoms with van der Waals surface area (Å²) >= 11 is 0. The van der Waals surface area contributed by atoms with Crippen molar-refractivity contribution < 1.29 is 14.2 Å². The van der Waals surface area contributed by atoms with Gasteiger partial charge in [-0.2, -0.15) is 0 Å². The molecular formula is C43H77NO3. The fraction of sp³-hybridized carbons (Fsp3) is 0.791. The molecule has 272 valence electrons. The maximum absolute atomic E-state index is 6.13. The molecule has 0 aromatic heterocycles. The van der Waals surface area contributed by atoms with Crippen molar-refractivity contribution in [3.05, 3.63) is 48.6 Å². The van der Waals surface area contributed by atoms with E-state index in [-0.39, 0.29) is 5.54 Å². The molecule has 4 nitrogen and oxygen atoms in total. The fourth-order valence-electron chi connectivity index (χ4n) is 5.83. The highest BCUT2D eigenvalue weighted by molar-refractivity contribution is 5.78. The van der Waals surface area contributed by atoms with E-state index in [0.717, 1.165) is 51.2 Å². The lowest BCUT2D eigenvalue weighted by molar-refractivity contribution is 0.0114. The molecule has 0 N–H and O–H groups in total. The van der Waals surface area contributed by atoms with Gasteiger partial charge >= 0.3 is 0 Å². The first-order valence-electron chi connectivity index (χ1n) is 20.2. The highest BCUT2D eigenvalue weighted by Crippen LogP contribution is 2.22. The number of ether oxygens (including phenoxy) is 3. The van der Waals surface area contributed by atoms with E-state index < -0.39 is 0 Å². The van der Waals surface area contributed by atoms with Crippen LogP contribution in [0.2, 0.25) is 0 Å². The van der Waals surface area contributed by atoms with Gasteiger partial charge < -0.3 is 14.2 Å². The van der Waals surface area contributed by atoms with Crippen LogP contribution in [0.25, 0.3) is 0 Å². The molecule has 0 saturated heterocycles. The molecule has 0 spiro atoms. The van der Waals surface area contributed by atoms with Gasteiger partial charge in [-0.1, -0.05) is 146 Å². The third-order valence-corrected chi connectivity index (χ3v) is 8.89. The summed E-state index contributed by atoms with van der Waals surface area (Å²) in [5.41, 5.74) is -0.359. The molecule has 0 amide bonds. The molecule has 0 aliphatic carbocycles. The molecule has 0 aromatic rings. The van der Waals surface area contributed by atoms with Crippen LogP contribution in [-0.2, 0) is 14.2 Å². The van der Waals surface area contributed by atoms with Gasteiger partial charge in [0.15, 0.2) is 5.90 Å². The third kappa shape index (κ3) is 27.9. The Morgan fingerprint density at radius 1 is 0.511 bits per heavy atom. The van der Waals surface area contributed by atoms with Crippen LogP contribution < -0.4 is 0 Å². The topological polar surface area (TPSA) is 40.0 Å². The van der Waals surface area contributed by atoms with E-state index in [9.17, 15) is 0 Å². The zero-order chi connectivity index (χ0) is 33.8. The third-order valence-electron chi connectivity index (χ3n) is 8.89. The maximum atomic E-state index is 6.13. The van der Waals surface area contributed by atoms with Gasteiger partial charge in [0.25, 0.3) is 0 Å². The molecule has 0 unspecified atom stereocenters. The Morgan fingerprint density at radius 2 is 0.894 bits per heavy atom. The predicted octanol–water partition coefficient (Wildman–Crippen LogP) is 13.2. The van der Waals surface area contributed by atoms with Gasteiger partial charge in [-0.05, 0) is 77.0 Å². The molecule has 4 heteroatoms. The summed E-state index contributed by atoms with van der Waals surface area (Å²) in [7, 11) is 0. The van der Waals surface area contributed by atoms with Crippen molar-refractivity contribution in [2.24, 2.45) is 4.99 Å². The van der Waals surface area contributed by atoms with Gasteiger partial charge in [-0.15, -0.1) is 0 Å². The zero-order valence-corrected chi connectivity index (χ0v) is 31.5. The lowest BCUT2D eigenvalue weighted by Gasteiger charge is -2.24. The van der Waals surface area contributed by atoms with Gasteiger partial charge in [-0.25, -0.2) is 4.99 Å². The second kappa shape index (κ2) is 34.2. The first kappa shape index (κ1) is 43.4. The molecular weight excluding hydrogens is 578 g/mol. The van der Waals surface area contributed by atoms with Crippen molar-refractivity contribution in [1.29, 1.82) is 0 Å². The van der Waals surface area contributed by atoms with Crippen LogP contribution in [0.3, 0.4) is 0 Å². The summed E-state index contributed by atoms with van der Waals surface area (Å²) in [6.45, 7) is 10.0. The standard InChI is InChI=1S/C43H77NO3/c1-4-7-9-11-13-15-17-19-21-23-25-27-29-31-33-35-37-45-39-43(41-47-42(6-3)44-43)40-46-38-36-34-32-30-28-26-24-22-20-18-16-14-12-10-8-5-2/h13-16,19-22H,4-12,17-18,23-41H2,1-3H3/b15-13-,16-14-,21-19-,22-20-. The van der Waals surface area contributed by atoms with E-state index in [1.165, 1.54) is 128 Å². The number of nitrogens with zero attached hydrogens (tertiary/aromatic N) is 1. The Bertz CT molecular complexity index is 760. The van der Waals surface area contributed by atoms with Crippen LogP contribution in [0.4, 0.5) is 0 Å². The van der Waals surface area contributed by atoms with Crippen molar-refractivity contribution in [3.63, 3.8) is 0 Å². The molecule has 0 radical (unpaired) electrons. The van der Waals surface area contributed by atoms with Crippen LogP contribution in [0, 0.1) is 0 Å². The Morgan fingerprint density at radius 3 is 1.28 bits per heavy atom. The van der Waals surface area contributed by atoms with E-state index >= 15 is 0 Å². The number of unbranched alkanes of at least 4 members (excludes halogenated alkanes) is 18. The minimum Gasteiger partial charge on any atom is -0.478 e. The Labute approximate surface area is 293 Å². The molecule has 1 heterocycles. The smallest absolute Gasteiger partial charge is 0.183 e. The van der Waals surface area contributed by atoms with Crippen LogP contribution in [0.15, 0.2) is 53.6 Å². The SMILES string of the molecule is CCCCC/C=C\C/C=C\CCCCCCCCOCC1(COCCCCCCCC/C=C\C/C=C\CCCCC)COC(CC)=N1. The van der Waals surface area contributed by atoms with E-state index in [1.54, 1.807) is 0 Å². The van der Waals surface area contributed by atoms with Gasteiger partial charge in [0.2, 0.25) is 0 Å². The molecule has 0 bridgehead atoms. The highest BCUT2D eigenvalue weighted by Gasteiger charge is 2.37. The van der Waals surface area contributed by atoms with Gasteiger partial charge in [0, 0.05) is 19.6 Å². The largest absolute Gasteiger partial charge is 0.478 e.